The molecule has 27 heavy (non-hydrogen) atoms. The molecule has 0 bridgehead atoms. The molecule has 1 aromatic carbocycles. The molecule has 2 fully saturated rings. The minimum atomic E-state index is 0.113. The van der Waals surface area contributed by atoms with Crippen LogP contribution >= 0.6 is 11.3 Å². The van der Waals surface area contributed by atoms with Gasteiger partial charge in [-0.15, -0.1) is 11.3 Å². The summed E-state index contributed by atoms with van der Waals surface area (Å²) < 4.78 is 0. The molecule has 1 aliphatic carbocycles. The molecule has 0 N–H and O–H groups in total. The summed E-state index contributed by atoms with van der Waals surface area (Å²) in [6.45, 7) is 10.9. The lowest BCUT2D eigenvalue weighted by Crippen LogP contribution is -2.48. The maximum atomic E-state index is 12.8. The first-order valence-electron chi connectivity index (χ1n) is 9.96. The van der Waals surface area contributed by atoms with Gasteiger partial charge < -0.3 is 4.90 Å². The van der Waals surface area contributed by atoms with Gasteiger partial charge in [0.25, 0.3) is 5.91 Å². The van der Waals surface area contributed by atoms with Crippen LogP contribution in [-0.2, 0) is 12.0 Å². The first kappa shape index (κ1) is 18.6. The number of hydrogen-bond donors (Lipinski definition) is 0. The van der Waals surface area contributed by atoms with Crippen molar-refractivity contribution >= 4 is 17.2 Å². The van der Waals surface area contributed by atoms with E-state index in [2.05, 4.69) is 43.2 Å². The molecular weight excluding hydrogens is 354 g/mol. The average Bonchev–Trinajstić information content (AvgIpc) is 3.41. The van der Waals surface area contributed by atoms with Crippen LogP contribution in [0.15, 0.2) is 29.6 Å². The van der Waals surface area contributed by atoms with Gasteiger partial charge in [0.2, 0.25) is 0 Å². The molecule has 1 saturated carbocycles. The second kappa shape index (κ2) is 7.36. The predicted octanol–water partition coefficient (Wildman–Crippen LogP) is 4.28. The van der Waals surface area contributed by atoms with E-state index >= 15 is 0 Å². The summed E-state index contributed by atoms with van der Waals surface area (Å²) in [6.07, 6.45) is 2.61. The van der Waals surface area contributed by atoms with Crippen LogP contribution in [0.3, 0.4) is 0 Å². The average molecular weight is 384 g/mol. The second-order valence-corrected chi connectivity index (χ2v) is 9.78. The molecule has 1 amide bonds. The summed E-state index contributed by atoms with van der Waals surface area (Å²) in [7, 11) is 0. The number of piperazine rings is 1. The van der Waals surface area contributed by atoms with Gasteiger partial charge in [-0.2, -0.15) is 0 Å². The second-order valence-electron chi connectivity index (χ2n) is 8.84. The van der Waals surface area contributed by atoms with Crippen LogP contribution in [0.1, 0.15) is 66.2 Å². The van der Waals surface area contributed by atoms with Crippen molar-refractivity contribution in [3.05, 3.63) is 51.5 Å². The van der Waals surface area contributed by atoms with Gasteiger partial charge in [0.05, 0.1) is 12.2 Å². The van der Waals surface area contributed by atoms with Crippen LogP contribution < -0.4 is 0 Å². The van der Waals surface area contributed by atoms with E-state index in [0.29, 0.717) is 0 Å². The van der Waals surface area contributed by atoms with Gasteiger partial charge in [-0.3, -0.25) is 9.69 Å². The number of carbonyl (C=O) groups is 1. The van der Waals surface area contributed by atoms with E-state index in [1.54, 1.807) is 11.3 Å². The van der Waals surface area contributed by atoms with Crippen molar-refractivity contribution < 1.29 is 4.79 Å². The highest BCUT2D eigenvalue weighted by Gasteiger charge is 2.27. The maximum absolute atomic E-state index is 12.8. The van der Waals surface area contributed by atoms with E-state index in [1.165, 1.54) is 29.1 Å². The molecule has 2 heterocycles. The van der Waals surface area contributed by atoms with Crippen LogP contribution in [0.4, 0.5) is 0 Å². The Morgan fingerprint density at radius 2 is 1.78 bits per heavy atom. The normalized spacial score (nSPS) is 18.7. The molecule has 0 unspecified atom stereocenters. The van der Waals surface area contributed by atoms with E-state index in [4.69, 9.17) is 4.98 Å². The summed E-state index contributed by atoms with van der Waals surface area (Å²) in [5, 5.41) is 3.45. The number of rotatable bonds is 4. The molecule has 4 rings (SSSR count). The third kappa shape index (κ3) is 4.41. The maximum Gasteiger partial charge on any atom is 0.253 e. The fourth-order valence-electron chi connectivity index (χ4n) is 3.56. The number of amides is 1. The minimum Gasteiger partial charge on any atom is -0.336 e. The fraction of sp³-hybridized carbons (Fsp3) is 0.545. The highest BCUT2D eigenvalue weighted by molar-refractivity contribution is 7.09. The highest BCUT2D eigenvalue weighted by Crippen LogP contribution is 2.40. The Morgan fingerprint density at radius 3 is 2.37 bits per heavy atom. The van der Waals surface area contributed by atoms with Crippen molar-refractivity contribution in [3.63, 3.8) is 0 Å². The van der Waals surface area contributed by atoms with Crippen LogP contribution in [0.5, 0.6) is 0 Å². The summed E-state index contributed by atoms with van der Waals surface area (Å²) in [6, 6.07) is 8.13. The van der Waals surface area contributed by atoms with Crippen LogP contribution in [0.25, 0.3) is 0 Å². The highest BCUT2D eigenvalue weighted by atomic mass is 32.1. The quantitative estimate of drug-likeness (QED) is 0.791. The van der Waals surface area contributed by atoms with Crippen LogP contribution in [0, 0.1) is 0 Å². The van der Waals surface area contributed by atoms with Gasteiger partial charge in [0.1, 0.15) is 5.01 Å². The van der Waals surface area contributed by atoms with Gasteiger partial charge >= 0.3 is 0 Å². The number of nitrogens with zero attached hydrogens (tertiary/aromatic N) is 3. The van der Waals surface area contributed by atoms with E-state index in [0.717, 1.165) is 44.2 Å². The zero-order chi connectivity index (χ0) is 19.0. The molecule has 0 spiro atoms. The monoisotopic (exact) mass is 383 g/mol. The van der Waals surface area contributed by atoms with Gasteiger partial charge in [0.15, 0.2) is 0 Å². The zero-order valence-electron chi connectivity index (χ0n) is 16.6. The smallest absolute Gasteiger partial charge is 0.253 e. The molecule has 0 radical (unpaired) electrons. The molecule has 144 valence electrons. The molecule has 1 saturated heterocycles. The van der Waals surface area contributed by atoms with Gasteiger partial charge in [0, 0.05) is 43.0 Å². The lowest BCUT2D eigenvalue weighted by Gasteiger charge is -2.34. The number of carbonyl (C=O) groups excluding carboxylic acids is 1. The Bertz CT molecular complexity index is 794. The lowest BCUT2D eigenvalue weighted by atomic mass is 9.86. The summed E-state index contributed by atoms with van der Waals surface area (Å²) in [5.74, 6) is 0.884. The van der Waals surface area contributed by atoms with Crippen molar-refractivity contribution in [3.8, 4) is 0 Å². The number of aromatic nitrogens is 1. The van der Waals surface area contributed by atoms with Crippen molar-refractivity contribution in [2.45, 2.75) is 51.5 Å². The topological polar surface area (TPSA) is 36.4 Å². The van der Waals surface area contributed by atoms with E-state index < -0.39 is 0 Å². The fourth-order valence-corrected chi connectivity index (χ4v) is 4.48. The van der Waals surface area contributed by atoms with E-state index in [1.807, 2.05) is 17.0 Å². The molecular formula is C22H29N3OS. The molecule has 0 atom stereocenters. The molecule has 2 aliphatic rings. The summed E-state index contributed by atoms with van der Waals surface area (Å²) in [4.78, 5) is 22.0. The minimum absolute atomic E-state index is 0.113. The van der Waals surface area contributed by atoms with Crippen molar-refractivity contribution in [1.29, 1.82) is 0 Å². The van der Waals surface area contributed by atoms with Gasteiger partial charge in [-0.1, -0.05) is 32.9 Å². The van der Waals surface area contributed by atoms with Crippen molar-refractivity contribution in [1.82, 2.24) is 14.8 Å². The van der Waals surface area contributed by atoms with Crippen molar-refractivity contribution in [2.24, 2.45) is 0 Å². The van der Waals surface area contributed by atoms with Gasteiger partial charge in [-0.25, -0.2) is 4.98 Å². The third-order valence-corrected chi connectivity index (χ3v) is 6.43. The first-order chi connectivity index (χ1) is 12.9. The summed E-state index contributed by atoms with van der Waals surface area (Å²) >= 11 is 1.79. The Kier molecular flexibility index (Phi) is 5.08. The Morgan fingerprint density at radius 1 is 1.11 bits per heavy atom. The van der Waals surface area contributed by atoms with E-state index in [-0.39, 0.29) is 11.3 Å². The Hall–Kier alpha value is -1.72. The standard InChI is InChI=1S/C22H29N3OS/c1-22(2,3)18-8-6-17(7-9-18)21(26)25-12-10-24(11-13-25)14-20-23-19(15-27-20)16-4-5-16/h6-9,15-16H,4-5,10-14H2,1-3H3. The number of thiazole rings is 1. The Labute approximate surface area is 166 Å². The molecule has 1 aliphatic heterocycles. The van der Waals surface area contributed by atoms with Crippen LogP contribution in [-0.4, -0.2) is 46.9 Å². The van der Waals surface area contributed by atoms with Gasteiger partial charge in [-0.05, 0) is 36.0 Å². The molecule has 2 aromatic rings. The largest absolute Gasteiger partial charge is 0.336 e. The first-order valence-corrected chi connectivity index (χ1v) is 10.8. The molecule has 1 aromatic heterocycles. The number of benzene rings is 1. The SMILES string of the molecule is CC(C)(C)c1ccc(C(=O)N2CCN(Cc3nc(C4CC4)cs3)CC2)cc1. The third-order valence-electron chi connectivity index (χ3n) is 5.58. The number of hydrogen-bond acceptors (Lipinski definition) is 4. The lowest BCUT2D eigenvalue weighted by molar-refractivity contribution is 0.0628. The summed E-state index contributed by atoms with van der Waals surface area (Å²) in [5.41, 5.74) is 3.47. The Balaban J connectivity index is 1.30. The van der Waals surface area contributed by atoms with Crippen molar-refractivity contribution in [2.75, 3.05) is 26.2 Å². The predicted molar refractivity (Wildman–Crippen MR) is 110 cm³/mol. The zero-order valence-corrected chi connectivity index (χ0v) is 17.4. The molecule has 5 heteroatoms. The van der Waals surface area contributed by atoms with Crippen LogP contribution in [0.2, 0.25) is 0 Å². The molecule has 4 nitrogen and oxygen atoms in total. The van der Waals surface area contributed by atoms with E-state index in [9.17, 15) is 4.79 Å².